The van der Waals surface area contributed by atoms with E-state index in [4.69, 9.17) is 4.74 Å². The molecule has 0 N–H and O–H groups in total. The highest BCUT2D eigenvalue weighted by Gasteiger charge is 2.30. The molecule has 19 heavy (non-hydrogen) atoms. The number of aryl methyl sites for hydroxylation is 1. The quantitative estimate of drug-likeness (QED) is 0.754. The number of halogens is 3. The molecule has 0 saturated carbocycles. The highest BCUT2D eigenvalue weighted by atomic mass is 19.4. The lowest BCUT2D eigenvalue weighted by molar-refractivity contribution is -0.137. The van der Waals surface area contributed by atoms with Crippen LogP contribution in [0.2, 0.25) is 0 Å². The van der Waals surface area contributed by atoms with Crippen LogP contribution in [0.3, 0.4) is 0 Å². The molecule has 0 aliphatic rings. The molecule has 1 nitrogen and oxygen atoms in total. The number of hydrogen-bond donors (Lipinski definition) is 0. The molecule has 0 fully saturated rings. The number of benzene rings is 2. The zero-order valence-electron chi connectivity index (χ0n) is 10.4. The number of ether oxygens (including phenoxy) is 1. The summed E-state index contributed by atoms with van der Waals surface area (Å²) >= 11 is 0. The lowest BCUT2D eigenvalue weighted by Gasteiger charge is -2.11. The Bertz CT molecular complexity index is 544. The summed E-state index contributed by atoms with van der Waals surface area (Å²) in [6.45, 7) is 1.99. The van der Waals surface area contributed by atoms with Gasteiger partial charge >= 0.3 is 6.18 Å². The van der Waals surface area contributed by atoms with Crippen LogP contribution in [0, 0.1) is 0 Å². The Labute approximate surface area is 109 Å². The Morgan fingerprint density at radius 3 is 2.16 bits per heavy atom. The lowest BCUT2D eigenvalue weighted by Crippen LogP contribution is -2.04. The van der Waals surface area contributed by atoms with Gasteiger partial charge in [-0.25, -0.2) is 0 Å². The standard InChI is InChI=1S/C15H13F3O/c1-2-11-5-3-4-6-14(11)19-13-9-7-12(8-10-13)15(16,17)18/h3-10H,2H2,1H3. The normalized spacial score (nSPS) is 11.4. The summed E-state index contributed by atoms with van der Waals surface area (Å²) in [5.74, 6) is 1.07. The molecular formula is C15H13F3O. The first kappa shape index (κ1) is 13.5. The molecule has 0 saturated heterocycles. The highest BCUT2D eigenvalue weighted by Crippen LogP contribution is 2.32. The number of para-hydroxylation sites is 1. The molecule has 2 aromatic rings. The second-order valence-corrected chi connectivity index (χ2v) is 4.09. The molecule has 2 rings (SSSR count). The molecule has 0 aliphatic heterocycles. The molecule has 0 aliphatic carbocycles. The van der Waals surface area contributed by atoms with Crippen molar-refractivity contribution in [2.45, 2.75) is 19.5 Å². The van der Waals surface area contributed by atoms with Crippen molar-refractivity contribution in [2.75, 3.05) is 0 Å². The second-order valence-electron chi connectivity index (χ2n) is 4.09. The summed E-state index contributed by atoms with van der Waals surface area (Å²) in [5, 5.41) is 0. The Morgan fingerprint density at radius 2 is 1.58 bits per heavy atom. The second kappa shape index (κ2) is 5.34. The van der Waals surface area contributed by atoms with Gasteiger partial charge in [0, 0.05) is 0 Å². The molecule has 0 heterocycles. The fourth-order valence-corrected chi connectivity index (χ4v) is 1.73. The molecule has 0 spiro atoms. The van der Waals surface area contributed by atoms with Crippen LogP contribution in [0.4, 0.5) is 13.2 Å². The van der Waals surface area contributed by atoms with E-state index < -0.39 is 11.7 Å². The Morgan fingerprint density at radius 1 is 0.947 bits per heavy atom. The molecule has 2 aromatic carbocycles. The van der Waals surface area contributed by atoms with Gasteiger partial charge in [0.15, 0.2) is 0 Å². The van der Waals surface area contributed by atoms with Crippen molar-refractivity contribution in [3.8, 4) is 11.5 Å². The summed E-state index contributed by atoms with van der Waals surface area (Å²) in [7, 11) is 0. The summed E-state index contributed by atoms with van der Waals surface area (Å²) in [6.07, 6.45) is -3.52. The third-order valence-electron chi connectivity index (χ3n) is 2.76. The van der Waals surface area contributed by atoms with Gasteiger partial charge in [-0.1, -0.05) is 25.1 Å². The van der Waals surface area contributed by atoms with Crippen molar-refractivity contribution in [3.63, 3.8) is 0 Å². The Balaban J connectivity index is 2.20. The van der Waals surface area contributed by atoms with Gasteiger partial charge in [-0.05, 0) is 42.3 Å². The number of rotatable bonds is 3. The molecular weight excluding hydrogens is 253 g/mol. The predicted molar refractivity (Wildman–Crippen MR) is 67.3 cm³/mol. The third kappa shape index (κ3) is 3.28. The smallest absolute Gasteiger partial charge is 0.416 e. The van der Waals surface area contributed by atoms with Crippen LogP contribution in [-0.2, 0) is 12.6 Å². The van der Waals surface area contributed by atoms with Crippen molar-refractivity contribution in [1.82, 2.24) is 0 Å². The van der Waals surface area contributed by atoms with E-state index in [1.165, 1.54) is 12.1 Å². The molecule has 0 amide bonds. The average Bonchev–Trinajstić information content (AvgIpc) is 2.39. The van der Waals surface area contributed by atoms with Gasteiger partial charge in [-0.15, -0.1) is 0 Å². The summed E-state index contributed by atoms with van der Waals surface area (Å²) in [6, 6.07) is 12.2. The van der Waals surface area contributed by atoms with Crippen molar-refractivity contribution in [3.05, 3.63) is 59.7 Å². The van der Waals surface area contributed by atoms with E-state index in [2.05, 4.69) is 0 Å². The maximum Gasteiger partial charge on any atom is 0.416 e. The molecule has 0 bridgehead atoms. The van der Waals surface area contributed by atoms with Crippen LogP contribution >= 0.6 is 0 Å². The van der Waals surface area contributed by atoms with E-state index in [1.54, 1.807) is 6.07 Å². The number of alkyl halides is 3. The van der Waals surface area contributed by atoms with Crippen LogP contribution in [-0.4, -0.2) is 0 Å². The van der Waals surface area contributed by atoms with Gasteiger partial charge in [0.05, 0.1) is 5.56 Å². The van der Waals surface area contributed by atoms with Gasteiger partial charge in [-0.2, -0.15) is 13.2 Å². The van der Waals surface area contributed by atoms with Gasteiger partial charge < -0.3 is 4.74 Å². The first-order chi connectivity index (χ1) is 9.00. The maximum absolute atomic E-state index is 12.4. The molecule has 0 radical (unpaired) electrons. The largest absolute Gasteiger partial charge is 0.457 e. The molecule has 0 aromatic heterocycles. The van der Waals surface area contributed by atoms with E-state index in [0.717, 1.165) is 24.1 Å². The fourth-order valence-electron chi connectivity index (χ4n) is 1.73. The highest BCUT2D eigenvalue weighted by molar-refractivity contribution is 5.38. The van der Waals surface area contributed by atoms with Gasteiger partial charge in [0.2, 0.25) is 0 Å². The predicted octanol–water partition coefficient (Wildman–Crippen LogP) is 5.06. The summed E-state index contributed by atoms with van der Waals surface area (Å²) in [4.78, 5) is 0. The Kier molecular flexibility index (Phi) is 3.79. The average molecular weight is 266 g/mol. The van der Waals surface area contributed by atoms with E-state index in [1.807, 2.05) is 25.1 Å². The van der Waals surface area contributed by atoms with Crippen molar-refractivity contribution < 1.29 is 17.9 Å². The van der Waals surface area contributed by atoms with Gasteiger partial charge in [0.25, 0.3) is 0 Å². The SMILES string of the molecule is CCc1ccccc1Oc1ccc(C(F)(F)F)cc1. The molecule has 100 valence electrons. The molecule has 4 heteroatoms. The van der Waals surface area contributed by atoms with Gasteiger partial charge in [-0.3, -0.25) is 0 Å². The van der Waals surface area contributed by atoms with Crippen LogP contribution in [0.25, 0.3) is 0 Å². The van der Waals surface area contributed by atoms with Crippen LogP contribution in [0.5, 0.6) is 11.5 Å². The molecule has 0 unspecified atom stereocenters. The van der Waals surface area contributed by atoms with Crippen molar-refractivity contribution in [2.24, 2.45) is 0 Å². The van der Waals surface area contributed by atoms with Crippen molar-refractivity contribution in [1.29, 1.82) is 0 Å². The zero-order valence-corrected chi connectivity index (χ0v) is 10.4. The fraction of sp³-hybridized carbons (Fsp3) is 0.200. The lowest BCUT2D eigenvalue weighted by atomic mass is 10.1. The van der Waals surface area contributed by atoms with Gasteiger partial charge in [0.1, 0.15) is 11.5 Å². The van der Waals surface area contributed by atoms with E-state index in [0.29, 0.717) is 11.5 Å². The topological polar surface area (TPSA) is 9.23 Å². The minimum Gasteiger partial charge on any atom is -0.457 e. The third-order valence-corrected chi connectivity index (χ3v) is 2.76. The maximum atomic E-state index is 12.4. The monoisotopic (exact) mass is 266 g/mol. The minimum absolute atomic E-state index is 0.397. The first-order valence-electron chi connectivity index (χ1n) is 5.93. The minimum atomic E-state index is -4.32. The number of hydrogen-bond acceptors (Lipinski definition) is 1. The van der Waals surface area contributed by atoms with E-state index in [9.17, 15) is 13.2 Å². The summed E-state index contributed by atoms with van der Waals surface area (Å²) < 4.78 is 42.9. The molecule has 0 atom stereocenters. The van der Waals surface area contributed by atoms with E-state index >= 15 is 0 Å². The first-order valence-corrected chi connectivity index (χ1v) is 5.93. The van der Waals surface area contributed by atoms with Crippen LogP contribution in [0.1, 0.15) is 18.1 Å². The summed E-state index contributed by atoms with van der Waals surface area (Å²) in [5.41, 5.74) is 0.339. The Hall–Kier alpha value is -1.97. The van der Waals surface area contributed by atoms with Crippen LogP contribution in [0.15, 0.2) is 48.5 Å². The zero-order chi connectivity index (χ0) is 13.9. The van der Waals surface area contributed by atoms with Crippen molar-refractivity contribution >= 4 is 0 Å². The van der Waals surface area contributed by atoms with Crippen LogP contribution < -0.4 is 4.74 Å². The van der Waals surface area contributed by atoms with E-state index in [-0.39, 0.29) is 0 Å².